The van der Waals surface area contributed by atoms with Gasteiger partial charge in [-0.05, 0) is 36.4 Å². The zero-order chi connectivity index (χ0) is 24.3. The number of carbonyl (C=O) groups is 1. The number of aromatic amines is 1. The molecule has 5 aromatic rings. The highest BCUT2D eigenvalue weighted by atomic mass is 16.5. The van der Waals surface area contributed by atoms with Crippen molar-refractivity contribution in [1.82, 2.24) is 34.8 Å². The van der Waals surface area contributed by atoms with E-state index in [2.05, 4.69) is 45.8 Å². The molecule has 5 heterocycles. The van der Waals surface area contributed by atoms with E-state index in [4.69, 9.17) is 4.74 Å². The fourth-order valence-electron chi connectivity index (χ4n) is 3.94. The number of H-pyrrole nitrogens is 1. The maximum atomic E-state index is 12.5. The van der Waals surface area contributed by atoms with E-state index < -0.39 is 6.03 Å². The zero-order valence-corrected chi connectivity index (χ0v) is 19.1. The van der Waals surface area contributed by atoms with Gasteiger partial charge in [0.05, 0.1) is 18.9 Å². The lowest BCUT2D eigenvalue weighted by molar-refractivity contribution is 0.122. The molecule has 4 aromatic heterocycles. The van der Waals surface area contributed by atoms with Crippen LogP contribution in [0.15, 0.2) is 67.1 Å². The lowest BCUT2D eigenvalue weighted by Gasteiger charge is -2.27. The van der Waals surface area contributed by atoms with Crippen LogP contribution in [0, 0.1) is 0 Å². The molecular weight excluding hydrogens is 460 g/mol. The fraction of sp³-hybridized carbons (Fsp3) is 0.167. The molecule has 0 aliphatic carbocycles. The second-order valence-corrected chi connectivity index (χ2v) is 8.11. The molecule has 2 amide bonds. The number of morpholine rings is 1. The average molecular weight is 483 g/mol. The molecule has 1 fully saturated rings. The van der Waals surface area contributed by atoms with Crippen molar-refractivity contribution >= 4 is 29.1 Å². The SMILES string of the molecule is O=C(Nc1ccc(-c2nc3ccnc(N4CCOCC4)n3n2)cc1)Nc1cc(-c2cccnc2)n[nH]1. The molecule has 0 unspecified atom stereocenters. The van der Waals surface area contributed by atoms with Crippen molar-refractivity contribution in [3.8, 4) is 22.6 Å². The molecule has 12 nitrogen and oxygen atoms in total. The Labute approximate surface area is 205 Å². The Balaban J connectivity index is 1.14. The third kappa shape index (κ3) is 4.44. The number of benzene rings is 1. The number of fused-ring (bicyclic) bond motifs is 1. The molecule has 0 atom stereocenters. The highest BCUT2D eigenvalue weighted by Crippen LogP contribution is 2.22. The Hall–Kier alpha value is -4.84. The summed E-state index contributed by atoms with van der Waals surface area (Å²) in [5.41, 5.74) is 3.71. The standard InChI is InChI=1S/C24H22N10O2/c35-23(28-20-14-19(30-31-20)17-2-1-8-25-15-17)27-18-5-3-16(4-6-18)22-29-21-7-9-26-24(34(21)32-22)33-10-12-36-13-11-33/h1-9,14-15H,10-13H2,(H3,27,28,30,31,35). The minimum atomic E-state index is -0.392. The topological polar surface area (TPSA) is 138 Å². The molecule has 180 valence electrons. The van der Waals surface area contributed by atoms with E-state index in [1.54, 1.807) is 41.3 Å². The van der Waals surface area contributed by atoms with E-state index in [9.17, 15) is 4.79 Å². The Morgan fingerprint density at radius 1 is 1.00 bits per heavy atom. The van der Waals surface area contributed by atoms with E-state index in [0.717, 1.165) is 30.2 Å². The van der Waals surface area contributed by atoms with Gasteiger partial charge in [-0.15, -0.1) is 5.10 Å². The summed E-state index contributed by atoms with van der Waals surface area (Å²) in [5.74, 6) is 1.80. The van der Waals surface area contributed by atoms with Gasteiger partial charge in [0.25, 0.3) is 0 Å². The van der Waals surface area contributed by atoms with Crippen molar-refractivity contribution < 1.29 is 9.53 Å². The largest absolute Gasteiger partial charge is 0.378 e. The summed E-state index contributed by atoms with van der Waals surface area (Å²) >= 11 is 0. The number of carbonyl (C=O) groups excluding carboxylic acids is 1. The molecule has 6 rings (SSSR count). The first-order valence-corrected chi connectivity index (χ1v) is 11.4. The van der Waals surface area contributed by atoms with Crippen LogP contribution in [0.25, 0.3) is 28.3 Å². The van der Waals surface area contributed by atoms with Crippen LogP contribution in [0.2, 0.25) is 0 Å². The number of nitrogens with zero attached hydrogens (tertiary/aromatic N) is 7. The van der Waals surface area contributed by atoms with Gasteiger partial charge in [-0.25, -0.2) is 14.8 Å². The number of hydrogen-bond donors (Lipinski definition) is 3. The zero-order valence-electron chi connectivity index (χ0n) is 19.1. The second kappa shape index (κ2) is 9.43. The number of rotatable bonds is 5. The fourth-order valence-corrected chi connectivity index (χ4v) is 3.94. The van der Waals surface area contributed by atoms with Gasteiger partial charge in [0, 0.05) is 60.6 Å². The van der Waals surface area contributed by atoms with Gasteiger partial charge in [-0.3, -0.25) is 15.4 Å². The maximum absolute atomic E-state index is 12.5. The maximum Gasteiger partial charge on any atom is 0.324 e. The van der Waals surface area contributed by atoms with Crippen LogP contribution in [0.4, 0.5) is 22.2 Å². The molecule has 0 radical (unpaired) electrons. The van der Waals surface area contributed by atoms with Crippen LogP contribution in [-0.2, 0) is 4.74 Å². The Bertz CT molecular complexity index is 1490. The summed E-state index contributed by atoms with van der Waals surface area (Å²) in [6.07, 6.45) is 5.14. The van der Waals surface area contributed by atoms with Crippen LogP contribution >= 0.6 is 0 Å². The quantitative estimate of drug-likeness (QED) is 0.347. The Morgan fingerprint density at radius 2 is 1.86 bits per heavy atom. The minimum absolute atomic E-state index is 0.392. The average Bonchev–Trinajstić information content (AvgIpc) is 3.57. The molecule has 3 N–H and O–H groups in total. The predicted octanol–water partition coefficient (Wildman–Crippen LogP) is 3.06. The highest BCUT2D eigenvalue weighted by molar-refractivity contribution is 5.99. The first-order valence-electron chi connectivity index (χ1n) is 11.4. The number of aromatic nitrogens is 7. The molecule has 0 spiro atoms. The number of urea groups is 1. The van der Waals surface area contributed by atoms with E-state index in [-0.39, 0.29) is 0 Å². The van der Waals surface area contributed by atoms with Crippen LogP contribution in [0.5, 0.6) is 0 Å². The number of anilines is 3. The van der Waals surface area contributed by atoms with E-state index >= 15 is 0 Å². The second-order valence-electron chi connectivity index (χ2n) is 8.11. The Kier molecular flexibility index (Phi) is 5.68. The van der Waals surface area contributed by atoms with Crippen LogP contribution in [-0.4, -0.2) is 67.1 Å². The smallest absolute Gasteiger partial charge is 0.324 e. The number of nitrogens with one attached hydrogen (secondary N) is 3. The molecule has 1 aliphatic heterocycles. The highest BCUT2D eigenvalue weighted by Gasteiger charge is 2.18. The lowest BCUT2D eigenvalue weighted by Crippen LogP contribution is -2.38. The van der Waals surface area contributed by atoms with E-state index in [1.165, 1.54) is 0 Å². The van der Waals surface area contributed by atoms with Crippen LogP contribution < -0.4 is 15.5 Å². The van der Waals surface area contributed by atoms with E-state index in [1.807, 2.05) is 30.3 Å². The summed E-state index contributed by atoms with van der Waals surface area (Å²) in [6.45, 7) is 2.83. The van der Waals surface area contributed by atoms with Gasteiger partial charge in [-0.1, -0.05) is 0 Å². The van der Waals surface area contributed by atoms with Crippen molar-refractivity contribution in [3.05, 3.63) is 67.1 Å². The van der Waals surface area contributed by atoms with Crippen LogP contribution in [0.1, 0.15) is 0 Å². The number of hydrogen-bond acceptors (Lipinski definition) is 8. The molecule has 1 aromatic carbocycles. The predicted molar refractivity (Wildman–Crippen MR) is 134 cm³/mol. The summed E-state index contributed by atoms with van der Waals surface area (Å²) < 4.78 is 7.20. The summed E-state index contributed by atoms with van der Waals surface area (Å²) in [4.78, 5) is 27.8. The molecule has 12 heteroatoms. The molecular formula is C24H22N10O2. The molecule has 0 bridgehead atoms. The van der Waals surface area contributed by atoms with Gasteiger partial charge in [0.1, 0.15) is 5.82 Å². The normalized spacial score (nSPS) is 13.6. The van der Waals surface area contributed by atoms with Gasteiger partial charge >= 0.3 is 6.03 Å². The Morgan fingerprint density at radius 3 is 2.67 bits per heavy atom. The van der Waals surface area contributed by atoms with Crippen molar-refractivity contribution in [3.63, 3.8) is 0 Å². The summed E-state index contributed by atoms with van der Waals surface area (Å²) in [7, 11) is 0. The number of amides is 2. The van der Waals surface area contributed by atoms with Gasteiger partial charge in [-0.2, -0.15) is 9.61 Å². The minimum Gasteiger partial charge on any atom is -0.378 e. The number of ether oxygens (including phenoxy) is 1. The van der Waals surface area contributed by atoms with Crippen molar-refractivity contribution in [2.75, 3.05) is 41.8 Å². The monoisotopic (exact) mass is 482 g/mol. The van der Waals surface area contributed by atoms with Gasteiger partial charge in [0.2, 0.25) is 5.95 Å². The molecule has 36 heavy (non-hydrogen) atoms. The molecule has 1 aliphatic rings. The lowest BCUT2D eigenvalue weighted by atomic mass is 10.2. The molecule has 0 saturated carbocycles. The summed E-state index contributed by atoms with van der Waals surface area (Å²) in [5, 5.41) is 17.3. The third-order valence-corrected chi connectivity index (χ3v) is 5.71. The third-order valence-electron chi connectivity index (χ3n) is 5.71. The van der Waals surface area contributed by atoms with Gasteiger partial charge < -0.3 is 15.0 Å². The number of pyridine rings is 1. The summed E-state index contributed by atoms with van der Waals surface area (Å²) in [6, 6.07) is 14.2. The van der Waals surface area contributed by atoms with Crippen molar-refractivity contribution in [2.24, 2.45) is 0 Å². The van der Waals surface area contributed by atoms with E-state index in [0.29, 0.717) is 41.9 Å². The van der Waals surface area contributed by atoms with Crippen LogP contribution in [0.3, 0.4) is 0 Å². The van der Waals surface area contributed by atoms with Gasteiger partial charge in [0.15, 0.2) is 11.5 Å². The first-order chi connectivity index (χ1) is 17.7. The van der Waals surface area contributed by atoms with Crippen molar-refractivity contribution in [1.29, 1.82) is 0 Å². The first kappa shape index (κ1) is 21.7. The van der Waals surface area contributed by atoms with Crippen molar-refractivity contribution in [2.45, 2.75) is 0 Å². The molecule has 1 saturated heterocycles.